The van der Waals surface area contributed by atoms with Gasteiger partial charge in [0, 0.05) is 13.1 Å². The molecule has 1 amide bonds. The molecule has 0 spiro atoms. The zero-order valence-electron chi connectivity index (χ0n) is 13.0. The summed E-state index contributed by atoms with van der Waals surface area (Å²) >= 11 is 5.27. The number of nitrogens with one attached hydrogen (secondary N) is 1. The first-order valence-corrected chi connectivity index (χ1v) is 7.48. The van der Waals surface area contributed by atoms with Gasteiger partial charge in [-0.1, -0.05) is 24.3 Å². The van der Waals surface area contributed by atoms with Crippen LogP contribution in [0.5, 0.6) is 5.75 Å². The molecular weight excluding hydrogens is 296 g/mol. The van der Waals surface area contributed by atoms with E-state index in [0.29, 0.717) is 29.5 Å². The van der Waals surface area contributed by atoms with Gasteiger partial charge in [-0.15, -0.1) is 13.2 Å². The summed E-state index contributed by atoms with van der Waals surface area (Å²) < 4.78 is 5.65. The van der Waals surface area contributed by atoms with E-state index in [0.717, 1.165) is 0 Å². The molecule has 1 rings (SSSR count). The van der Waals surface area contributed by atoms with E-state index in [1.807, 2.05) is 19.9 Å². The second-order valence-corrected chi connectivity index (χ2v) is 5.29. The molecule has 0 aliphatic rings. The highest BCUT2D eigenvalue weighted by Crippen LogP contribution is 2.19. The predicted molar refractivity (Wildman–Crippen MR) is 94.2 cm³/mol. The molecule has 118 valence electrons. The van der Waals surface area contributed by atoms with E-state index in [9.17, 15) is 4.79 Å². The highest BCUT2D eigenvalue weighted by atomic mass is 32.1. The summed E-state index contributed by atoms with van der Waals surface area (Å²) in [5.74, 6) is 0.246. The van der Waals surface area contributed by atoms with E-state index in [4.69, 9.17) is 17.0 Å². The molecule has 5 heteroatoms. The number of carbonyl (C=O) groups is 1. The van der Waals surface area contributed by atoms with Crippen molar-refractivity contribution in [3.05, 3.63) is 55.1 Å². The minimum atomic E-state index is -0.292. The Morgan fingerprint density at radius 3 is 2.45 bits per heavy atom. The fourth-order valence-corrected chi connectivity index (χ4v) is 2.05. The van der Waals surface area contributed by atoms with Gasteiger partial charge >= 0.3 is 0 Å². The highest BCUT2D eigenvalue weighted by Gasteiger charge is 2.16. The molecule has 0 bridgehead atoms. The number of thiocarbonyl (C=S) groups is 1. The molecule has 1 aromatic rings. The Morgan fingerprint density at radius 2 is 1.91 bits per heavy atom. The average molecular weight is 318 g/mol. The van der Waals surface area contributed by atoms with Crippen molar-refractivity contribution in [2.24, 2.45) is 0 Å². The standard InChI is InChI=1S/C17H22N2O2S/c1-5-11-19(12-6-2)17(22)18-16(20)14-9-7-8-10-15(14)21-13(3)4/h5-10,13H,1-2,11-12H2,3-4H3,(H,18,20,22). The number of benzene rings is 1. The van der Waals surface area contributed by atoms with E-state index in [1.165, 1.54) is 0 Å². The van der Waals surface area contributed by atoms with Gasteiger partial charge in [0.1, 0.15) is 5.75 Å². The Bertz CT molecular complexity index is 545. The number of rotatable bonds is 7. The zero-order valence-corrected chi connectivity index (χ0v) is 13.9. The molecule has 0 aromatic heterocycles. The van der Waals surface area contributed by atoms with Gasteiger partial charge in [-0.05, 0) is 38.2 Å². The van der Waals surface area contributed by atoms with Crippen LogP contribution in [0.3, 0.4) is 0 Å². The average Bonchev–Trinajstić information content (AvgIpc) is 2.46. The maximum atomic E-state index is 12.4. The Kier molecular flexibility index (Phi) is 7.32. The molecule has 0 aliphatic carbocycles. The van der Waals surface area contributed by atoms with Crippen molar-refractivity contribution < 1.29 is 9.53 Å². The fraction of sp³-hybridized carbons (Fsp3) is 0.294. The van der Waals surface area contributed by atoms with Gasteiger partial charge in [0.25, 0.3) is 5.91 Å². The van der Waals surface area contributed by atoms with Crippen LogP contribution in [0.2, 0.25) is 0 Å². The lowest BCUT2D eigenvalue weighted by Crippen LogP contribution is -2.42. The van der Waals surface area contributed by atoms with E-state index < -0.39 is 0 Å². The number of hydrogen-bond acceptors (Lipinski definition) is 3. The first-order valence-electron chi connectivity index (χ1n) is 7.07. The zero-order chi connectivity index (χ0) is 16.5. The van der Waals surface area contributed by atoms with Crippen LogP contribution in [0.1, 0.15) is 24.2 Å². The van der Waals surface area contributed by atoms with Crippen molar-refractivity contribution in [2.45, 2.75) is 20.0 Å². The molecule has 0 saturated carbocycles. The Morgan fingerprint density at radius 1 is 1.32 bits per heavy atom. The summed E-state index contributed by atoms with van der Waals surface area (Å²) in [7, 11) is 0. The van der Waals surface area contributed by atoms with Crippen molar-refractivity contribution in [3.8, 4) is 5.75 Å². The number of nitrogens with zero attached hydrogens (tertiary/aromatic N) is 1. The smallest absolute Gasteiger partial charge is 0.261 e. The lowest BCUT2D eigenvalue weighted by molar-refractivity contribution is 0.0968. The number of hydrogen-bond donors (Lipinski definition) is 1. The minimum Gasteiger partial charge on any atom is -0.490 e. The minimum absolute atomic E-state index is 0.0149. The molecule has 0 saturated heterocycles. The second-order valence-electron chi connectivity index (χ2n) is 4.90. The summed E-state index contributed by atoms with van der Waals surface area (Å²) in [4.78, 5) is 14.2. The lowest BCUT2D eigenvalue weighted by Gasteiger charge is -2.22. The molecule has 0 fully saturated rings. The van der Waals surface area contributed by atoms with E-state index >= 15 is 0 Å². The van der Waals surface area contributed by atoms with Gasteiger partial charge in [0.2, 0.25) is 0 Å². The lowest BCUT2D eigenvalue weighted by atomic mass is 10.2. The summed E-state index contributed by atoms with van der Waals surface area (Å²) in [5.41, 5.74) is 0.454. The van der Waals surface area contributed by atoms with Crippen LogP contribution >= 0.6 is 12.2 Å². The maximum Gasteiger partial charge on any atom is 0.261 e. The quantitative estimate of drug-likeness (QED) is 0.619. The first-order chi connectivity index (χ1) is 10.5. The van der Waals surface area contributed by atoms with Crippen molar-refractivity contribution in [1.82, 2.24) is 10.2 Å². The second kappa shape index (κ2) is 9.00. The van der Waals surface area contributed by atoms with Gasteiger partial charge in [-0.3, -0.25) is 10.1 Å². The molecule has 0 heterocycles. The summed E-state index contributed by atoms with van der Waals surface area (Å²) in [6, 6.07) is 7.09. The summed E-state index contributed by atoms with van der Waals surface area (Å²) in [5, 5.41) is 3.06. The molecule has 22 heavy (non-hydrogen) atoms. The third-order valence-electron chi connectivity index (χ3n) is 2.70. The molecular formula is C17H22N2O2S. The van der Waals surface area contributed by atoms with Gasteiger partial charge in [0.05, 0.1) is 11.7 Å². The van der Waals surface area contributed by atoms with Gasteiger partial charge in [-0.2, -0.15) is 0 Å². The topological polar surface area (TPSA) is 41.6 Å². The Balaban J connectivity index is 2.86. The van der Waals surface area contributed by atoms with E-state index in [1.54, 1.807) is 35.3 Å². The SMILES string of the molecule is C=CCN(CC=C)C(=S)NC(=O)c1ccccc1OC(C)C. The van der Waals surface area contributed by atoms with Crippen molar-refractivity contribution in [3.63, 3.8) is 0 Å². The van der Waals surface area contributed by atoms with Crippen molar-refractivity contribution in [2.75, 3.05) is 13.1 Å². The van der Waals surface area contributed by atoms with Crippen LogP contribution in [-0.4, -0.2) is 35.1 Å². The number of carbonyl (C=O) groups excluding carboxylic acids is 1. The molecule has 1 N–H and O–H groups in total. The van der Waals surface area contributed by atoms with Crippen LogP contribution in [0, 0.1) is 0 Å². The van der Waals surface area contributed by atoms with Crippen LogP contribution < -0.4 is 10.1 Å². The van der Waals surface area contributed by atoms with Crippen LogP contribution in [0.4, 0.5) is 0 Å². The summed E-state index contributed by atoms with van der Waals surface area (Å²) in [6.45, 7) is 12.3. The first kappa shape index (κ1) is 17.9. The molecule has 1 aromatic carbocycles. The third kappa shape index (κ3) is 5.33. The van der Waals surface area contributed by atoms with Crippen LogP contribution in [0.25, 0.3) is 0 Å². The molecule has 0 atom stereocenters. The van der Waals surface area contributed by atoms with Gasteiger partial charge in [0.15, 0.2) is 5.11 Å². The number of amides is 1. The third-order valence-corrected chi connectivity index (χ3v) is 3.06. The molecule has 0 unspecified atom stereocenters. The Hall–Kier alpha value is -2.14. The van der Waals surface area contributed by atoms with Crippen molar-refractivity contribution in [1.29, 1.82) is 0 Å². The predicted octanol–water partition coefficient (Wildman–Crippen LogP) is 3.16. The van der Waals surface area contributed by atoms with Gasteiger partial charge < -0.3 is 9.64 Å². The summed E-state index contributed by atoms with van der Waals surface area (Å²) in [6.07, 6.45) is 3.43. The van der Waals surface area contributed by atoms with Crippen LogP contribution in [-0.2, 0) is 0 Å². The monoisotopic (exact) mass is 318 g/mol. The highest BCUT2D eigenvalue weighted by molar-refractivity contribution is 7.80. The molecule has 0 aliphatic heterocycles. The van der Waals surface area contributed by atoms with Gasteiger partial charge in [-0.25, -0.2) is 0 Å². The van der Waals surface area contributed by atoms with Crippen LogP contribution in [0.15, 0.2) is 49.6 Å². The van der Waals surface area contributed by atoms with E-state index in [2.05, 4.69) is 18.5 Å². The van der Waals surface area contributed by atoms with Crippen molar-refractivity contribution >= 4 is 23.2 Å². The molecule has 0 radical (unpaired) electrons. The number of ether oxygens (including phenoxy) is 1. The van der Waals surface area contributed by atoms with E-state index in [-0.39, 0.29) is 12.0 Å². The Labute approximate surface area is 137 Å². The number of para-hydroxylation sites is 1. The largest absolute Gasteiger partial charge is 0.490 e. The maximum absolute atomic E-state index is 12.4. The normalized spacial score (nSPS) is 9.95. The fourth-order valence-electron chi connectivity index (χ4n) is 1.81. The molecule has 4 nitrogen and oxygen atoms in total.